The van der Waals surface area contributed by atoms with E-state index in [1.165, 1.54) is 71.4 Å². The van der Waals surface area contributed by atoms with Gasteiger partial charge in [0.25, 0.3) is 23.6 Å². The van der Waals surface area contributed by atoms with Crippen LogP contribution in [0.15, 0.2) is 84.0 Å². The Morgan fingerprint density at radius 3 is 1.80 bits per heavy atom. The Hall–Kier alpha value is -6.65. The topological polar surface area (TPSA) is 309 Å². The summed E-state index contributed by atoms with van der Waals surface area (Å²) in [6.45, 7) is 8.73. The number of carbonyl (C=O) groups is 8. The first-order chi connectivity index (χ1) is 39.8. The summed E-state index contributed by atoms with van der Waals surface area (Å²) in [7, 11) is 5.61. The van der Waals surface area contributed by atoms with E-state index in [2.05, 4.69) is 37.1 Å². The molecule has 83 heavy (non-hydrogen) atoms. The van der Waals surface area contributed by atoms with E-state index < -0.39 is 71.8 Å². The number of nitrogens with one attached hydrogen (secondary N) is 6. The van der Waals surface area contributed by atoms with Gasteiger partial charge in [-0.15, -0.1) is 0 Å². The summed E-state index contributed by atoms with van der Waals surface area (Å²) in [5, 5.41) is 35.9. The maximum absolute atomic E-state index is 14.6. The fraction of sp³-hybridized carbons (Fsp3) is 0.526. The molecule has 8 N–H and O–H groups in total. The molecule has 6 amide bonds. The van der Waals surface area contributed by atoms with Crippen LogP contribution < -0.4 is 32.1 Å². The van der Waals surface area contributed by atoms with Gasteiger partial charge in [0.05, 0.1) is 46.4 Å². The molecule has 0 radical (unpaired) electrons. The van der Waals surface area contributed by atoms with Crippen molar-refractivity contribution in [2.24, 2.45) is 11.8 Å². The van der Waals surface area contributed by atoms with Crippen LogP contribution in [0.5, 0.6) is 11.5 Å². The molecule has 452 valence electrons. The molecule has 3 aliphatic rings. The minimum Gasteiger partial charge on any atom is -0.508 e. The Kier molecular flexibility index (Phi) is 26.0. The second-order valence-corrected chi connectivity index (χ2v) is 23.4. The lowest BCUT2D eigenvalue weighted by Gasteiger charge is -2.39. The van der Waals surface area contributed by atoms with Crippen molar-refractivity contribution >= 4 is 69.0 Å². The molecule has 3 aliphatic heterocycles. The highest BCUT2D eigenvalue weighted by molar-refractivity contribution is 8.76. The molecule has 6 rings (SSSR count). The lowest BCUT2D eigenvalue weighted by molar-refractivity contribution is -0.152. The fourth-order valence-electron chi connectivity index (χ4n) is 9.64. The summed E-state index contributed by atoms with van der Waals surface area (Å²) in [4.78, 5) is 111. The quantitative estimate of drug-likeness (QED) is 0.0151. The van der Waals surface area contributed by atoms with Gasteiger partial charge in [-0.25, -0.2) is 15.8 Å². The van der Waals surface area contributed by atoms with E-state index >= 15 is 0 Å². The summed E-state index contributed by atoms with van der Waals surface area (Å²) >= 11 is 0. The maximum Gasteiger partial charge on any atom is 0.324 e. The number of phenols is 2. The number of hydrogen-bond acceptors (Lipinski definition) is 21. The van der Waals surface area contributed by atoms with Crippen molar-refractivity contribution in [3.05, 3.63) is 95.7 Å². The first-order valence-electron chi connectivity index (χ1n) is 27.7. The highest BCUT2D eigenvalue weighted by Crippen LogP contribution is 2.33. The SMILES string of the molecule is COC(=O)[C@@H]1CCCN(C(=O)[C@H](Cc2cccc(O)c2)NC(=O)[C@@H](NCOCCCSSc2ccc(C3C[C@@H](C(=O)OC)NN(C(=O)[C@H](Cc4cccc(O)c4)NC(=O)[C@@H](NCOCCCN4C(=O)C=CC4=O)C(C)C)C3)cn2)C(C)C)N1. The lowest BCUT2D eigenvalue weighted by Crippen LogP contribution is -2.63. The van der Waals surface area contributed by atoms with Gasteiger partial charge >= 0.3 is 11.9 Å². The molecule has 7 atom stereocenters. The molecule has 0 saturated carbocycles. The predicted molar refractivity (Wildman–Crippen MR) is 308 cm³/mol. The molecular weight excluding hydrogens is 1110 g/mol. The molecule has 0 spiro atoms. The molecule has 1 unspecified atom stereocenters. The van der Waals surface area contributed by atoms with Crippen molar-refractivity contribution in [2.45, 2.75) is 120 Å². The minimum atomic E-state index is -1.14. The first kappa shape index (κ1) is 65.5. The van der Waals surface area contributed by atoms with Gasteiger partial charge in [-0.2, -0.15) is 0 Å². The van der Waals surface area contributed by atoms with Gasteiger partial charge in [0.1, 0.15) is 40.7 Å². The Bertz CT molecular complexity index is 2700. The molecule has 0 aliphatic carbocycles. The Balaban J connectivity index is 0.986. The molecule has 2 saturated heterocycles. The number of phenolic OH excluding ortho intramolecular Hbond substituents is 2. The Labute approximate surface area is 491 Å². The Morgan fingerprint density at radius 1 is 0.723 bits per heavy atom. The largest absolute Gasteiger partial charge is 0.508 e. The number of benzene rings is 2. The van der Waals surface area contributed by atoms with E-state index in [4.69, 9.17) is 18.9 Å². The van der Waals surface area contributed by atoms with Gasteiger partial charge in [-0.05, 0) is 102 Å². The normalized spacial score (nSPS) is 18.7. The molecule has 26 heteroatoms. The average Bonchev–Trinajstić information content (AvgIpc) is 4.04. The lowest BCUT2D eigenvalue weighted by atomic mass is 9.91. The molecule has 2 aromatic carbocycles. The van der Waals surface area contributed by atoms with Crippen LogP contribution in [0, 0.1) is 11.8 Å². The van der Waals surface area contributed by atoms with Gasteiger partial charge in [-0.3, -0.25) is 63.9 Å². The van der Waals surface area contributed by atoms with E-state index in [1.54, 1.807) is 41.3 Å². The zero-order chi connectivity index (χ0) is 60.0. The van der Waals surface area contributed by atoms with E-state index in [0.29, 0.717) is 62.1 Å². The molecule has 2 fully saturated rings. The third-order valence-electron chi connectivity index (χ3n) is 14.0. The molecule has 3 aromatic rings. The average molecular weight is 1190 g/mol. The second-order valence-electron chi connectivity index (χ2n) is 21.0. The number of ether oxygens (including phenoxy) is 4. The highest BCUT2D eigenvalue weighted by atomic mass is 33.1. The van der Waals surface area contributed by atoms with Crippen LogP contribution in [-0.2, 0) is 70.1 Å². The summed E-state index contributed by atoms with van der Waals surface area (Å²) in [5.74, 6) is -3.73. The number of esters is 2. The van der Waals surface area contributed by atoms with E-state index in [9.17, 15) is 48.6 Å². The fourth-order valence-corrected chi connectivity index (χ4v) is 11.6. The van der Waals surface area contributed by atoms with Crippen LogP contribution in [0.4, 0.5) is 0 Å². The number of hydrazine groups is 2. The van der Waals surface area contributed by atoms with Crippen molar-refractivity contribution < 1.29 is 67.5 Å². The van der Waals surface area contributed by atoms with Crippen LogP contribution in [0.2, 0.25) is 0 Å². The monoisotopic (exact) mass is 1190 g/mol. The van der Waals surface area contributed by atoms with E-state index in [1.807, 2.05) is 39.8 Å². The van der Waals surface area contributed by atoms with Gasteiger partial charge in [0.15, 0.2) is 0 Å². The molecular formula is C57H78N10O14S2. The van der Waals surface area contributed by atoms with Crippen molar-refractivity contribution in [3.63, 3.8) is 0 Å². The van der Waals surface area contributed by atoms with Gasteiger partial charge < -0.3 is 39.8 Å². The van der Waals surface area contributed by atoms with E-state index in [-0.39, 0.29) is 87.1 Å². The van der Waals surface area contributed by atoms with Crippen molar-refractivity contribution in [1.29, 1.82) is 0 Å². The number of methoxy groups -OCH3 is 2. The van der Waals surface area contributed by atoms with Crippen molar-refractivity contribution in [1.82, 2.24) is 52.0 Å². The number of hydrogen-bond donors (Lipinski definition) is 8. The molecule has 0 bridgehead atoms. The third kappa shape index (κ3) is 20.0. The first-order valence-corrected chi connectivity index (χ1v) is 30.1. The van der Waals surface area contributed by atoms with Gasteiger partial charge in [0, 0.05) is 69.1 Å². The molecule has 4 heterocycles. The molecule has 1 aromatic heterocycles. The summed E-state index contributed by atoms with van der Waals surface area (Å²) in [6.07, 6.45) is 6.68. The number of pyridine rings is 1. The Morgan fingerprint density at radius 2 is 1.27 bits per heavy atom. The minimum absolute atomic E-state index is 0.0101. The number of carbonyl (C=O) groups excluding carboxylic acids is 8. The van der Waals surface area contributed by atoms with Gasteiger partial charge in [0.2, 0.25) is 11.8 Å². The van der Waals surface area contributed by atoms with Crippen LogP contribution in [0.25, 0.3) is 0 Å². The number of nitrogens with zero attached hydrogens (tertiary/aromatic N) is 4. The van der Waals surface area contributed by atoms with Crippen LogP contribution in [0.1, 0.15) is 82.4 Å². The summed E-state index contributed by atoms with van der Waals surface area (Å²) < 4.78 is 21.6. The van der Waals surface area contributed by atoms with Crippen LogP contribution in [0.3, 0.4) is 0 Å². The van der Waals surface area contributed by atoms with Crippen molar-refractivity contribution in [3.8, 4) is 11.5 Å². The summed E-state index contributed by atoms with van der Waals surface area (Å²) in [5.41, 5.74) is 7.97. The zero-order valence-electron chi connectivity index (χ0n) is 47.7. The summed E-state index contributed by atoms with van der Waals surface area (Å²) in [6, 6.07) is 11.4. The maximum atomic E-state index is 14.6. The number of aromatic nitrogens is 1. The zero-order valence-corrected chi connectivity index (χ0v) is 49.3. The van der Waals surface area contributed by atoms with Gasteiger partial charge in [-0.1, -0.05) is 68.8 Å². The molecule has 24 nitrogen and oxygen atoms in total. The van der Waals surface area contributed by atoms with Crippen LogP contribution >= 0.6 is 21.6 Å². The van der Waals surface area contributed by atoms with Crippen molar-refractivity contribution in [2.75, 3.05) is 66.3 Å². The smallest absolute Gasteiger partial charge is 0.324 e. The number of aromatic hydroxyl groups is 2. The number of rotatable bonds is 31. The number of amides is 6. The van der Waals surface area contributed by atoms with E-state index in [0.717, 1.165) is 15.5 Å². The third-order valence-corrected chi connectivity index (χ3v) is 16.4. The predicted octanol–water partition coefficient (Wildman–Crippen LogP) is 2.60. The highest BCUT2D eigenvalue weighted by Gasteiger charge is 2.39. The second kappa shape index (κ2) is 33.0. The number of imide groups is 1. The standard InChI is InChI=1S/C57H78N10O14S2/c1-35(2)50(52(72)61-44(28-37-12-7-14-41(68)26-37)54(74)66-22-9-16-43(63-66)56(76)78-5)60-34-81-24-11-25-82-83-47-18-17-39(31-58-47)40-30-46(57(77)79-6)64-67(32-40)55(75)45(29-38-13-8-15-42(69)27-38)62-53(73)51(36(3)4)59-33-80-23-10-21-65-48(70)19-20-49(65)71/h7-8,12-15,17-20,26-27,31,35-36,40,43-46,50-51,59-60,63-64,68-69H,9-11,16,21-25,28-30,32-34H2,1-6H3,(H,61,72)(H,62,73)/t40?,43-,44-,45-,46-,50-,51-/m0/s1. The van der Waals surface area contributed by atoms with Crippen LogP contribution in [-0.4, -0.2) is 180 Å².